The summed E-state index contributed by atoms with van der Waals surface area (Å²) in [4.78, 5) is 26.0. The Kier molecular flexibility index (Phi) is 5.44. The molecule has 0 amide bonds. The second-order valence-electron chi connectivity index (χ2n) is 8.45. The van der Waals surface area contributed by atoms with Crippen LogP contribution < -0.4 is 10.5 Å². The number of ether oxygens (including phenoxy) is 1. The number of carbonyl (C=O) groups is 1. The molecule has 4 rings (SSSR count). The van der Waals surface area contributed by atoms with Crippen molar-refractivity contribution in [2.75, 3.05) is 14.2 Å². The number of aryl methyl sites for hydroxylation is 2. The van der Waals surface area contributed by atoms with Gasteiger partial charge in [-0.05, 0) is 49.8 Å². The number of Topliss-reactive ketones (excluding diaryl/α,β-unsaturated/α-hetero) is 1. The average Bonchev–Trinajstić information content (AvgIpc) is 2.89. The zero-order chi connectivity index (χ0) is 23.3. The maximum Gasteiger partial charge on any atom is 0.242 e. The molecule has 2 atom stereocenters. The fourth-order valence-corrected chi connectivity index (χ4v) is 6.56. The summed E-state index contributed by atoms with van der Waals surface area (Å²) in [6.07, 6.45) is 3.50. The summed E-state index contributed by atoms with van der Waals surface area (Å²) in [6, 6.07) is 5.77. The lowest BCUT2D eigenvalue weighted by molar-refractivity contribution is 0.0987. The van der Waals surface area contributed by atoms with Gasteiger partial charge >= 0.3 is 0 Å². The molecule has 0 saturated heterocycles. The molecule has 10 heteroatoms. The summed E-state index contributed by atoms with van der Waals surface area (Å²) in [7, 11) is -0.716. The zero-order valence-electron chi connectivity index (χ0n) is 18.6. The van der Waals surface area contributed by atoms with Gasteiger partial charge in [0, 0.05) is 13.5 Å². The molecule has 0 radical (unpaired) electrons. The molecular formula is C22H27N5O4S. The molecule has 0 fully saturated rings. The van der Waals surface area contributed by atoms with E-state index in [1.807, 2.05) is 25.1 Å². The van der Waals surface area contributed by atoms with Gasteiger partial charge in [-0.25, -0.2) is 27.7 Å². The maximum atomic E-state index is 13.1. The first-order valence-corrected chi connectivity index (χ1v) is 11.9. The molecule has 1 aliphatic carbocycles. The zero-order valence-corrected chi connectivity index (χ0v) is 19.4. The number of aliphatic imine (C=N–C) groups is 1. The number of methoxy groups -OCH3 is 1. The summed E-state index contributed by atoms with van der Waals surface area (Å²) < 4.78 is 32.4. The van der Waals surface area contributed by atoms with Crippen molar-refractivity contribution in [2.24, 2.45) is 10.7 Å². The van der Waals surface area contributed by atoms with Gasteiger partial charge in [0.25, 0.3) is 0 Å². The van der Waals surface area contributed by atoms with Gasteiger partial charge in [0.1, 0.15) is 16.5 Å². The number of nitrogens with two attached hydrogens (primary N) is 1. The molecule has 0 spiro atoms. The lowest BCUT2D eigenvalue weighted by Gasteiger charge is -2.41. The first kappa shape index (κ1) is 22.2. The monoisotopic (exact) mass is 457 g/mol. The number of carbonyl (C=O) groups excluding carboxylic acids is 1. The Bertz CT molecular complexity index is 1230. The van der Waals surface area contributed by atoms with Crippen LogP contribution in [0, 0.1) is 6.92 Å². The number of fused-ring (bicyclic) bond motifs is 3. The van der Waals surface area contributed by atoms with Crippen LogP contribution in [0.25, 0.3) is 0 Å². The highest BCUT2D eigenvalue weighted by Gasteiger charge is 2.51. The Morgan fingerprint density at radius 3 is 2.81 bits per heavy atom. The number of nitrogens with zero attached hydrogens (tertiary/aromatic N) is 4. The van der Waals surface area contributed by atoms with Crippen molar-refractivity contribution >= 4 is 21.8 Å². The molecule has 2 aromatic rings. The molecule has 0 saturated carbocycles. The number of guanidine groups is 1. The summed E-state index contributed by atoms with van der Waals surface area (Å²) >= 11 is 0. The van der Waals surface area contributed by atoms with Crippen molar-refractivity contribution in [3.05, 3.63) is 52.5 Å². The number of rotatable bonds is 4. The molecule has 0 bridgehead atoms. The van der Waals surface area contributed by atoms with Gasteiger partial charge in [-0.3, -0.25) is 4.79 Å². The highest BCUT2D eigenvalue weighted by Crippen LogP contribution is 2.44. The molecule has 2 heterocycles. The van der Waals surface area contributed by atoms with Crippen LogP contribution in [0.15, 0.2) is 29.4 Å². The molecule has 2 N–H and O–H groups in total. The van der Waals surface area contributed by atoms with Crippen LogP contribution in [-0.4, -0.2) is 53.8 Å². The Morgan fingerprint density at radius 2 is 2.12 bits per heavy atom. The molecule has 2 aliphatic rings. The van der Waals surface area contributed by atoms with E-state index in [1.54, 1.807) is 6.92 Å². The lowest BCUT2D eigenvalue weighted by Crippen LogP contribution is -2.56. The van der Waals surface area contributed by atoms with E-state index < -0.39 is 20.8 Å². The molecule has 170 valence electrons. The Balaban J connectivity index is 1.74. The third-order valence-electron chi connectivity index (χ3n) is 6.43. The minimum Gasteiger partial charge on any atom is -0.480 e. The van der Waals surface area contributed by atoms with Gasteiger partial charge < -0.3 is 10.5 Å². The average molecular weight is 458 g/mol. The number of sulfonamides is 1. The van der Waals surface area contributed by atoms with Gasteiger partial charge in [0.2, 0.25) is 21.9 Å². The lowest BCUT2D eigenvalue weighted by atomic mass is 9.84. The summed E-state index contributed by atoms with van der Waals surface area (Å²) in [5, 5.41) is -0.714. The largest absolute Gasteiger partial charge is 0.480 e. The van der Waals surface area contributed by atoms with Crippen LogP contribution in [0.4, 0.5) is 0 Å². The van der Waals surface area contributed by atoms with Gasteiger partial charge in [-0.2, -0.15) is 0 Å². The van der Waals surface area contributed by atoms with E-state index in [0.29, 0.717) is 18.0 Å². The van der Waals surface area contributed by atoms with Crippen LogP contribution >= 0.6 is 0 Å². The fraction of sp³-hybridized carbons (Fsp3) is 0.455. The van der Waals surface area contributed by atoms with E-state index in [4.69, 9.17) is 10.5 Å². The van der Waals surface area contributed by atoms with E-state index >= 15 is 0 Å². The summed E-state index contributed by atoms with van der Waals surface area (Å²) in [5.74, 6) is 0.149. The van der Waals surface area contributed by atoms with E-state index in [1.165, 1.54) is 20.4 Å². The second-order valence-corrected chi connectivity index (χ2v) is 10.6. The fourth-order valence-electron chi connectivity index (χ4n) is 4.66. The molecule has 0 unspecified atom stereocenters. The number of aromatic nitrogens is 2. The van der Waals surface area contributed by atoms with Crippen molar-refractivity contribution < 1.29 is 17.9 Å². The molecule has 1 aromatic carbocycles. The SMILES string of the molecule is COc1cnc(C(=O)Cc2ccc3c(c2)[C@@]2(C)N=C(N)N(C)S(=O)(=O)[C@H]2CCC3)c(C)n1. The third kappa shape index (κ3) is 3.52. The Hall–Kier alpha value is -3.01. The molecular weight excluding hydrogens is 430 g/mol. The van der Waals surface area contributed by atoms with Crippen molar-refractivity contribution in [3.8, 4) is 5.88 Å². The number of hydrogen-bond donors (Lipinski definition) is 1. The van der Waals surface area contributed by atoms with Crippen LogP contribution in [0.2, 0.25) is 0 Å². The minimum atomic E-state index is -3.65. The predicted octanol–water partition coefficient (Wildman–Crippen LogP) is 1.73. The van der Waals surface area contributed by atoms with Crippen molar-refractivity contribution in [1.82, 2.24) is 14.3 Å². The minimum absolute atomic E-state index is 0.0257. The quantitative estimate of drug-likeness (QED) is 0.693. The van der Waals surface area contributed by atoms with Crippen LogP contribution in [-0.2, 0) is 28.4 Å². The Morgan fingerprint density at radius 1 is 1.38 bits per heavy atom. The predicted molar refractivity (Wildman–Crippen MR) is 120 cm³/mol. The highest BCUT2D eigenvalue weighted by molar-refractivity contribution is 7.90. The van der Waals surface area contributed by atoms with E-state index in [9.17, 15) is 13.2 Å². The Labute approximate surface area is 187 Å². The van der Waals surface area contributed by atoms with Gasteiger partial charge in [-0.15, -0.1) is 0 Å². The first-order chi connectivity index (χ1) is 15.1. The highest BCUT2D eigenvalue weighted by atomic mass is 32.2. The molecule has 32 heavy (non-hydrogen) atoms. The van der Waals surface area contributed by atoms with Crippen LogP contribution in [0.5, 0.6) is 5.88 Å². The van der Waals surface area contributed by atoms with Crippen molar-refractivity contribution in [2.45, 2.75) is 50.3 Å². The molecule has 9 nitrogen and oxygen atoms in total. The van der Waals surface area contributed by atoms with E-state index in [2.05, 4.69) is 15.0 Å². The maximum absolute atomic E-state index is 13.1. The third-order valence-corrected chi connectivity index (χ3v) is 8.80. The van der Waals surface area contributed by atoms with Gasteiger partial charge in [0.15, 0.2) is 5.78 Å². The van der Waals surface area contributed by atoms with Gasteiger partial charge in [0.05, 0.1) is 19.0 Å². The van der Waals surface area contributed by atoms with E-state index in [-0.39, 0.29) is 23.9 Å². The van der Waals surface area contributed by atoms with Gasteiger partial charge in [-0.1, -0.05) is 18.2 Å². The van der Waals surface area contributed by atoms with E-state index in [0.717, 1.165) is 33.8 Å². The van der Waals surface area contributed by atoms with Crippen molar-refractivity contribution in [1.29, 1.82) is 0 Å². The standard InChI is InChI=1S/C22H27N5O4S/c1-13-20(24-12-19(25-13)31-4)17(28)11-14-8-9-15-6-5-7-18-22(2,16(15)10-14)26-21(23)27(3)32(18,29)30/h8-10,12,18H,5-7,11H2,1-4H3,(H2,23,26)/t18-,22+/m0/s1. The number of hydrogen-bond acceptors (Lipinski definition) is 8. The second kappa shape index (κ2) is 7.84. The summed E-state index contributed by atoms with van der Waals surface area (Å²) in [6.45, 7) is 3.54. The smallest absolute Gasteiger partial charge is 0.242 e. The first-order valence-electron chi connectivity index (χ1n) is 10.4. The molecule has 1 aromatic heterocycles. The molecule has 1 aliphatic heterocycles. The number of ketones is 1. The van der Waals surface area contributed by atoms with Crippen LogP contribution in [0.1, 0.15) is 52.6 Å². The van der Waals surface area contributed by atoms with Crippen molar-refractivity contribution in [3.63, 3.8) is 0 Å². The van der Waals surface area contributed by atoms with Crippen LogP contribution in [0.3, 0.4) is 0 Å². The summed E-state index contributed by atoms with van der Waals surface area (Å²) in [5.41, 5.74) is 8.37. The topological polar surface area (TPSA) is 128 Å². The normalized spacial score (nSPS) is 24.1. The number of benzene rings is 1.